The molecule has 1 saturated heterocycles. The van der Waals surface area contributed by atoms with Crippen LogP contribution in [0.25, 0.3) is 5.69 Å². The second kappa shape index (κ2) is 8.11. The van der Waals surface area contributed by atoms with Crippen LogP contribution in [-0.4, -0.2) is 59.7 Å². The van der Waals surface area contributed by atoms with Gasteiger partial charge in [0.2, 0.25) is 21.9 Å². The molecule has 0 saturated carbocycles. The Morgan fingerprint density at radius 2 is 1.90 bits per heavy atom. The van der Waals surface area contributed by atoms with Crippen molar-refractivity contribution < 1.29 is 17.9 Å². The summed E-state index contributed by atoms with van der Waals surface area (Å²) in [4.78, 5) is 10.8. The van der Waals surface area contributed by atoms with Crippen LogP contribution in [0.2, 0.25) is 0 Å². The van der Waals surface area contributed by atoms with Crippen molar-refractivity contribution in [2.45, 2.75) is 11.5 Å². The molecule has 152 valence electrons. The fourth-order valence-electron chi connectivity index (χ4n) is 2.76. The van der Waals surface area contributed by atoms with Crippen LogP contribution in [0, 0.1) is 0 Å². The van der Waals surface area contributed by atoms with E-state index in [0.717, 1.165) is 13.1 Å². The highest BCUT2D eigenvalue weighted by Gasteiger charge is 2.14. The molecule has 1 aromatic carbocycles. The van der Waals surface area contributed by atoms with E-state index in [1.54, 1.807) is 30.6 Å². The van der Waals surface area contributed by atoms with E-state index in [9.17, 15) is 8.42 Å². The number of primary sulfonamides is 1. The van der Waals surface area contributed by atoms with Gasteiger partial charge in [-0.3, -0.25) is 0 Å². The molecule has 0 unspecified atom stereocenters. The normalized spacial score (nSPS) is 14.7. The standard InChI is InChI=1S/C17H19N7O4S/c18-29(25,26)15-3-1-14(2-4-15)24-11-13(21-22-24)12-28-16-5-6-19-17(20-16)23-7-9-27-10-8-23/h1-6,11H,7-10,12H2,(H2,18,25,26). The Hall–Kier alpha value is -3.09. The number of morpholine rings is 1. The highest BCUT2D eigenvalue weighted by Crippen LogP contribution is 2.16. The van der Waals surface area contributed by atoms with E-state index in [-0.39, 0.29) is 11.5 Å². The van der Waals surface area contributed by atoms with E-state index in [0.29, 0.717) is 36.4 Å². The van der Waals surface area contributed by atoms with Crippen molar-refractivity contribution in [1.29, 1.82) is 0 Å². The summed E-state index contributed by atoms with van der Waals surface area (Å²) in [6.07, 6.45) is 3.34. The summed E-state index contributed by atoms with van der Waals surface area (Å²) >= 11 is 0. The first-order valence-electron chi connectivity index (χ1n) is 8.82. The van der Waals surface area contributed by atoms with Gasteiger partial charge in [0.05, 0.1) is 30.0 Å². The van der Waals surface area contributed by atoms with Gasteiger partial charge in [0.1, 0.15) is 12.3 Å². The second-order valence-corrected chi connectivity index (χ2v) is 7.84. The predicted octanol–water partition coefficient (Wildman–Crippen LogP) is 0.120. The number of hydrogen-bond acceptors (Lipinski definition) is 9. The third kappa shape index (κ3) is 4.67. The minimum Gasteiger partial charge on any atom is -0.471 e. The number of nitrogens with two attached hydrogens (primary N) is 1. The zero-order valence-electron chi connectivity index (χ0n) is 15.4. The van der Waals surface area contributed by atoms with Crippen molar-refractivity contribution in [2.75, 3.05) is 31.2 Å². The molecule has 0 atom stereocenters. The Morgan fingerprint density at radius 3 is 2.62 bits per heavy atom. The molecule has 12 heteroatoms. The summed E-state index contributed by atoms with van der Waals surface area (Å²) < 4.78 is 35.2. The van der Waals surface area contributed by atoms with Crippen molar-refractivity contribution in [3.63, 3.8) is 0 Å². The van der Waals surface area contributed by atoms with Crippen LogP contribution < -0.4 is 14.8 Å². The lowest BCUT2D eigenvalue weighted by Gasteiger charge is -2.26. The van der Waals surface area contributed by atoms with Gasteiger partial charge >= 0.3 is 0 Å². The van der Waals surface area contributed by atoms with Crippen LogP contribution in [0.3, 0.4) is 0 Å². The lowest BCUT2D eigenvalue weighted by Crippen LogP contribution is -2.37. The molecule has 0 amide bonds. The number of nitrogens with zero attached hydrogens (tertiary/aromatic N) is 6. The lowest BCUT2D eigenvalue weighted by molar-refractivity contribution is 0.122. The van der Waals surface area contributed by atoms with Crippen LogP contribution in [0.1, 0.15) is 5.69 Å². The Morgan fingerprint density at radius 1 is 1.14 bits per heavy atom. The summed E-state index contributed by atoms with van der Waals surface area (Å²) in [5, 5.41) is 13.2. The average molecular weight is 417 g/mol. The zero-order valence-corrected chi connectivity index (χ0v) is 16.2. The summed E-state index contributed by atoms with van der Waals surface area (Å²) in [6, 6.07) is 7.70. The number of benzene rings is 1. The van der Waals surface area contributed by atoms with Crippen molar-refractivity contribution in [1.82, 2.24) is 25.0 Å². The predicted molar refractivity (Wildman–Crippen MR) is 102 cm³/mol. The first-order valence-corrected chi connectivity index (χ1v) is 10.4. The van der Waals surface area contributed by atoms with E-state index in [1.807, 2.05) is 4.90 Å². The van der Waals surface area contributed by atoms with Gasteiger partial charge in [-0.2, -0.15) is 4.98 Å². The molecule has 1 fully saturated rings. The monoisotopic (exact) mass is 417 g/mol. The average Bonchev–Trinajstić information content (AvgIpc) is 3.22. The van der Waals surface area contributed by atoms with Gasteiger partial charge in [0, 0.05) is 25.4 Å². The SMILES string of the molecule is NS(=O)(=O)c1ccc(-n2cc(COc3ccnc(N4CCOCC4)n3)nn2)cc1. The van der Waals surface area contributed by atoms with Gasteiger partial charge < -0.3 is 14.4 Å². The quantitative estimate of drug-likeness (QED) is 0.592. The van der Waals surface area contributed by atoms with Crippen molar-refractivity contribution in [3.05, 3.63) is 48.4 Å². The topological polar surface area (TPSA) is 138 Å². The first kappa shape index (κ1) is 19.2. The summed E-state index contributed by atoms with van der Waals surface area (Å²) in [5.74, 6) is 1.04. The van der Waals surface area contributed by atoms with Crippen molar-refractivity contribution in [3.8, 4) is 11.6 Å². The molecular weight excluding hydrogens is 398 g/mol. The molecule has 0 radical (unpaired) electrons. The van der Waals surface area contributed by atoms with Crippen LogP contribution in [-0.2, 0) is 21.4 Å². The molecule has 1 aliphatic heterocycles. The number of hydrogen-bond donors (Lipinski definition) is 1. The van der Waals surface area contributed by atoms with Gasteiger partial charge in [0.15, 0.2) is 0 Å². The molecule has 29 heavy (non-hydrogen) atoms. The van der Waals surface area contributed by atoms with Crippen LogP contribution in [0.4, 0.5) is 5.95 Å². The smallest absolute Gasteiger partial charge is 0.238 e. The fourth-order valence-corrected chi connectivity index (χ4v) is 3.27. The Balaban J connectivity index is 1.41. The number of anilines is 1. The van der Waals surface area contributed by atoms with Gasteiger partial charge in [-0.25, -0.2) is 23.2 Å². The van der Waals surface area contributed by atoms with E-state index < -0.39 is 10.0 Å². The fraction of sp³-hybridized carbons (Fsp3) is 0.294. The largest absolute Gasteiger partial charge is 0.471 e. The minimum atomic E-state index is -3.74. The van der Waals surface area contributed by atoms with Crippen LogP contribution in [0.5, 0.6) is 5.88 Å². The Labute approximate surface area is 167 Å². The summed E-state index contributed by atoms with van der Waals surface area (Å²) in [5.41, 5.74) is 1.24. The molecular formula is C17H19N7O4S. The molecule has 0 aliphatic carbocycles. The second-order valence-electron chi connectivity index (χ2n) is 6.28. The molecule has 3 aromatic rings. The van der Waals surface area contributed by atoms with Gasteiger partial charge in [-0.05, 0) is 24.3 Å². The van der Waals surface area contributed by atoms with E-state index in [1.165, 1.54) is 16.8 Å². The lowest BCUT2D eigenvalue weighted by atomic mass is 10.3. The maximum absolute atomic E-state index is 11.3. The number of aromatic nitrogens is 5. The van der Waals surface area contributed by atoms with Crippen molar-refractivity contribution >= 4 is 16.0 Å². The minimum absolute atomic E-state index is 0.0322. The number of ether oxygens (including phenoxy) is 2. The molecule has 0 bridgehead atoms. The molecule has 4 rings (SSSR count). The summed E-state index contributed by atoms with van der Waals surface area (Å²) in [6.45, 7) is 2.95. The third-order valence-electron chi connectivity index (χ3n) is 4.25. The Kier molecular flexibility index (Phi) is 5.38. The van der Waals surface area contributed by atoms with E-state index in [2.05, 4.69) is 20.3 Å². The number of sulfonamides is 1. The maximum Gasteiger partial charge on any atom is 0.238 e. The molecule has 1 aliphatic rings. The van der Waals surface area contributed by atoms with E-state index >= 15 is 0 Å². The van der Waals surface area contributed by atoms with Gasteiger partial charge in [-0.1, -0.05) is 5.21 Å². The highest BCUT2D eigenvalue weighted by molar-refractivity contribution is 7.89. The Bertz CT molecular complexity index is 1080. The third-order valence-corrected chi connectivity index (χ3v) is 5.18. The molecule has 2 N–H and O–H groups in total. The molecule has 11 nitrogen and oxygen atoms in total. The van der Waals surface area contributed by atoms with Crippen LogP contribution >= 0.6 is 0 Å². The van der Waals surface area contributed by atoms with Gasteiger partial charge in [0.25, 0.3) is 0 Å². The maximum atomic E-state index is 11.3. The van der Waals surface area contributed by atoms with Gasteiger partial charge in [-0.15, -0.1) is 5.10 Å². The van der Waals surface area contributed by atoms with E-state index in [4.69, 9.17) is 14.6 Å². The number of rotatable bonds is 6. The molecule has 2 aromatic heterocycles. The first-order chi connectivity index (χ1) is 14.0. The van der Waals surface area contributed by atoms with Crippen LogP contribution in [0.15, 0.2) is 47.6 Å². The molecule has 3 heterocycles. The molecule has 0 spiro atoms. The zero-order chi connectivity index (χ0) is 20.3. The highest BCUT2D eigenvalue weighted by atomic mass is 32.2. The summed E-state index contributed by atoms with van der Waals surface area (Å²) in [7, 11) is -3.74. The van der Waals surface area contributed by atoms with Crippen molar-refractivity contribution in [2.24, 2.45) is 5.14 Å².